The summed E-state index contributed by atoms with van der Waals surface area (Å²) in [5, 5.41) is 9.56. The number of aliphatic hydroxyl groups excluding tert-OH is 1. The molecule has 0 rings (SSSR count). The standard InChI is InChI=1S/C12H20O3/c1-4-7-11(13)10(3)8-6-9-12(14)15-5-2/h4,6,9-11,13H,1,5,7-8H2,2-3H3/b9-6+/t10-,11-/m0/s1. The Morgan fingerprint density at radius 2 is 2.20 bits per heavy atom. The van der Waals surface area contributed by atoms with Gasteiger partial charge in [-0.05, 0) is 25.7 Å². The van der Waals surface area contributed by atoms with E-state index in [1.807, 2.05) is 6.92 Å². The average Bonchev–Trinajstić information content (AvgIpc) is 2.18. The van der Waals surface area contributed by atoms with Crippen LogP contribution in [0.3, 0.4) is 0 Å². The molecule has 0 aliphatic carbocycles. The van der Waals surface area contributed by atoms with E-state index in [1.54, 1.807) is 19.1 Å². The van der Waals surface area contributed by atoms with Gasteiger partial charge in [0.15, 0.2) is 0 Å². The quantitative estimate of drug-likeness (QED) is 0.399. The zero-order valence-corrected chi connectivity index (χ0v) is 9.48. The van der Waals surface area contributed by atoms with Crippen molar-refractivity contribution in [3.05, 3.63) is 24.8 Å². The molecule has 2 atom stereocenters. The summed E-state index contributed by atoms with van der Waals surface area (Å²) < 4.78 is 4.73. The van der Waals surface area contributed by atoms with E-state index in [4.69, 9.17) is 4.74 Å². The topological polar surface area (TPSA) is 46.5 Å². The first kappa shape index (κ1) is 13.9. The van der Waals surface area contributed by atoms with Crippen LogP contribution in [0.15, 0.2) is 24.8 Å². The minimum atomic E-state index is -0.394. The zero-order chi connectivity index (χ0) is 11.7. The Balaban J connectivity index is 3.82. The molecule has 0 saturated carbocycles. The summed E-state index contributed by atoms with van der Waals surface area (Å²) in [6.07, 6.45) is 5.67. The highest BCUT2D eigenvalue weighted by Gasteiger charge is 2.10. The summed E-state index contributed by atoms with van der Waals surface area (Å²) in [4.78, 5) is 10.9. The van der Waals surface area contributed by atoms with Gasteiger partial charge in [-0.25, -0.2) is 4.79 Å². The predicted octanol–water partition coefficient (Wildman–Crippen LogP) is 2.07. The Labute approximate surface area is 91.4 Å². The molecule has 0 heterocycles. The second-order valence-electron chi connectivity index (χ2n) is 3.46. The number of esters is 1. The van der Waals surface area contributed by atoms with Crippen LogP contribution in [-0.2, 0) is 9.53 Å². The first-order chi connectivity index (χ1) is 7.11. The van der Waals surface area contributed by atoms with Gasteiger partial charge >= 0.3 is 5.97 Å². The van der Waals surface area contributed by atoms with Crippen LogP contribution in [0.2, 0.25) is 0 Å². The molecule has 1 N–H and O–H groups in total. The summed E-state index contributed by atoms with van der Waals surface area (Å²) in [5.41, 5.74) is 0. The van der Waals surface area contributed by atoms with Crippen molar-refractivity contribution in [3.8, 4) is 0 Å². The van der Waals surface area contributed by atoms with E-state index in [-0.39, 0.29) is 11.9 Å². The van der Waals surface area contributed by atoms with Crippen molar-refractivity contribution in [1.29, 1.82) is 0 Å². The molecule has 0 fully saturated rings. The number of allylic oxidation sites excluding steroid dienone is 1. The van der Waals surface area contributed by atoms with Crippen LogP contribution in [0.25, 0.3) is 0 Å². The van der Waals surface area contributed by atoms with Gasteiger partial charge in [0.25, 0.3) is 0 Å². The van der Waals surface area contributed by atoms with Crippen molar-refractivity contribution >= 4 is 5.97 Å². The summed E-state index contributed by atoms with van der Waals surface area (Å²) in [6, 6.07) is 0. The minimum Gasteiger partial charge on any atom is -0.463 e. The molecule has 15 heavy (non-hydrogen) atoms. The van der Waals surface area contributed by atoms with E-state index in [9.17, 15) is 9.90 Å². The number of ether oxygens (including phenoxy) is 1. The van der Waals surface area contributed by atoms with Gasteiger partial charge in [-0.1, -0.05) is 19.1 Å². The third-order valence-corrected chi connectivity index (χ3v) is 2.11. The molecule has 86 valence electrons. The molecule has 0 bridgehead atoms. The van der Waals surface area contributed by atoms with E-state index in [0.717, 1.165) is 0 Å². The lowest BCUT2D eigenvalue weighted by Gasteiger charge is -2.14. The van der Waals surface area contributed by atoms with Gasteiger partial charge in [0, 0.05) is 6.08 Å². The molecule has 0 aromatic rings. The summed E-state index contributed by atoms with van der Waals surface area (Å²) in [6.45, 7) is 7.65. The number of hydrogen-bond donors (Lipinski definition) is 1. The maximum atomic E-state index is 10.9. The van der Waals surface area contributed by atoms with Crippen molar-refractivity contribution < 1.29 is 14.6 Å². The second-order valence-corrected chi connectivity index (χ2v) is 3.46. The molecule has 0 spiro atoms. The van der Waals surface area contributed by atoms with Crippen LogP contribution >= 0.6 is 0 Å². The Morgan fingerprint density at radius 3 is 2.73 bits per heavy atom. The Kier molecular flexibility index (Phi) is 7.64. The van der Waals surface area contributed by atoms with Crippen LogP contribution in [-0.4, -0.2) is 23.8 Å². The lowest BCUT2D eigenvalue weighted by Crippen LogP contribution is -2.15. The van der Waals surface area contributed by atoms with Gasteiger partial charge in [-0.3, -0.25) is 0 Å². The number of hydrogen-bond acceptors (Lipinski definition) is 3. The molecule has 0 radical (unpaired) electrons. The van der Waals surface area contributed by atoms with Crippen molar-refractivity contribution in [3.63, 3.8) is 0 Å². The highest BCUT2D eigenvalue weighted by atomic mass is 16.5. The van der Waals surface area contributed by atoms with Gasteiger partial charge in [-0.15, -0.1) is 6.58 Å². The third-order valence-electron chi connectivity index (χ3n) is 2.11. The highest BCUT2D eigenvalue weighted by Crippen LogP contribution is 2.12. The molecule has 0 aromatic carbocycles. The Bertz CT molecular complexity index is 221. The van der Waals surface area contributed by atoms with Crippen molar-refractivity contribution in [2.24, 2.45) is 5.92 Å². The minimum absolute atomic E-state index is 0.119. The van der Waals surface area contributed by atoms with E-state index in [2.05, 4.69) is 6.58 Å². The maximum absolute atomic E-state index is 10.9. The zero-order valence-electron chi connectivity index (χ0n) is 9.48. The molecule has 0 unspecified atom stereocenters. The summed E-state index contributed by atoms with van der Waals surface area (Å²) in [7, 11) is 0. The third kappa shape index (κ3) is 6.91. The lowest BCUT2D eigenvalue weighted by atomic mass is 9.98. The molecule has 3 heteroatoms. The number of aliphatic hydroxyl groups is 1. The van der Waals surface area contributed by atoms with Gasteiger partial charge in [0.2, 0.25) is 0 Å². The number of rotatable bonds is 7. The Hall–Kier alpha value is -1.09. The fraction of sp³-hybridized carbons (Fsp3) is 0.583. The molecule has 0 aliphatic heterocycles. The fourth-order valence-electron chi connectivity index (χ4n) is 1.13. The molecule has 0 saturated heterocycles. The predicted molar refractivity (Wildman–Crippen MR) is 60.4 cm³/mol. The summed E-state index contributed by atoms with van der Waals surface area (Å²) >= 11 is 0. The normalized spacial score (nSPS) is 14.9. The van der Waals surface area contributed by atoms with Gasteiger partial charge in [0.1, 0.15) is 0 Å². The highest BCUT2D eigenvalue weighted by molar-refractivity contribution is 5.81. The molecule has 3 nitrogen and oxygen atoms in total. The van der Waals surface area contributed by atoms with Crippen LogP contribution < -0.4 is 0 Å². The second kappa shape index (κ2) is 8.24. The smallest absolute Gasteiger partial charge is 0.330 e. The van der Waals surface area contributed by atoms with Crippen molar-refractivity contribution in [1.82, 2.24) is 0 Å². The Morgan fingerprint density at radius 1 is 1.53 bits per heavy atom. The van der Waals surface area contributed by atoms with Crippen molar-refractivity contribution in [2.75, 3.05) is 6.61 Å². The van der Waals surface area contributed by atoms with E-state index in [1.165, 1.54) is 6.08 Å². The van der Waals surface area contributed by atoms with Crippen LogP contribution in [0.5, 0.6) is 0 Å². The van der Waals surface area contributed by atoms with E-state index < -0.39 is 6.10 Å². The van der Waals surface area contributed by atoms with Gasteiger partial charge in [0.05, 0.1) is 12.7 Å². The van der Waals surface area contributed by atoms with Gasteiger partial charge in [-0.2, -0.15) is 0 Å². The lowest BCUT2D eigenvalue weighted by molar-refractivity contribution is -0.137. The molecule has 0 aliphatic rings. The number of carbonyl (C=O) groups excluding carboxylic acids is 1. The molecular weight excluding hydrogens is 192 g/mol. The maximum Gasteiger partial charge on any atom is 0.330 e. The van der Waals surface area contributed by atoms with Crippen LogP contribution in [0.4, 0.5) is 0 Å². The van der Waals surface area contributed by atoms with Crippen LogP contribution in [0.1, 0.15) is 26.7 Å². The monoisotopic (exact) mass is 212 g/mol. The average molecular weight is 212 g/mol. The van der Waals surface area contributed by atoms with Crippen molar-refractivity contribution in [2.45, 2.75) is 32.8 Å². The first-order valence-corrected chi connectivity index (χ1v) is 5.24. The summed E-state index contributed by atoms with van der Waals surface area (Å²) in [5.74, 6) is -0.211. The SMILES string of the molecule is C=CC[C@H](O)[C@@H](C)C/C=C/C(=O)OCC. The molecule has 0 amide bonds. The molecular formula is C12H20O3. The fourth-order valence-corrected chi connectivity index (χ4v) is 1.13. The largest absolute Gasteiger partial charge is 0.463 e. The van der Waals surface area contributed by atoms with E-state index in [0.29, 0.717) is 19.4 Å². The molecule has 0 aromatic heterocycles. The van der Waals surface area contributed by atoms with E-state index >= 15 is 0 Å². The number of carbonyl (C=O) groups is 1. The van der Waals surface area contributed by atoms with Crippen LogP contribution in [0, 0.1) is 5.92 Å². The first-order valence-electron chi connectivity index (χ1n) is 5.24. The van der Waals surface area contributed by atoms with Gasteiger partial charge < -0.3 is 9.84 Å².